The number of hydrogen-bond donors (Lipinski definition) is 1. The van der Waals surface area contributed by atoms with Crippen LogP contribution in [0, 0.1) is 24.0 Å². The van der Waals surface area contributed by atoms with Gasteiger partial charge >= 0.3 is 0 Å². The van der Waals surface area contributed by atoms with Crippen molar-refractivity contribution in [1.82, 2.24) is 9.97 Å². The first-order chi connectivity index (χ1) is 8.99. The van der Waals surface area contributed by atoms with Gasteiger partial charge in [0.1, 0.15) is 6.10 Å². The number of aliphatic hydroxyl groups is 1. The van der Waals surface area contributed by atoms with Gasteiger partial charge in [0.05, 0.1) is 22.0 Å². The summed E-state index contributed by atoms with van der Waals surface area (Å²) in [6.07, 6.45) is 0.589. The number of hydrogen-bond acceptors (Lipinski definition) is 5. The molecular formula is C13H13N3O3. The van der Waals surface area contributed by atoms with Crippen molar-refractivity contribution in [3.8, 4) is 0 Å². The van der Waals surface area contributed by atoms with E-state index >= 15 is 0 Å². The van der Waals surface area contributed by atoms with E-state index in [0.717, 1.165) is 0 Å². The van der Waals surface area contributed by atoms with E-state index < -0.39 is 11.0 Å². The monoisotopic (exact) mass is 259 g/mol. The average molecular weight is 259 g/mol. The molecule has 1 heterocycles. The van der Waals surface area contributed by atoms with E-state index in [1.165, 1.54) is 18.2 Å². The van der Waals surface area contributed by atoms with E-state index in [9.17, 15) is 15.2 Å². The Balaban J connectivity index is 2.43. The molecule has 1 atom stereocenters. The Morgan fingerprint density at radius 3 is 2.79 bits per heavy atom. The summed E-state index contributed by atoms with van der Waals surface area (Å²) >= 11 is 0. The summed E-state index contributed by atoms with van der Waals surface area (Å²) < 4.78 is 0. The first-order valence-electron chi connectivity index (χ1n) is 5.71. The Bertz CT molecular complexity index is 628. The fourth-order valence-corrected chi connectivity index (χ4v) is 1.78. The Morgan fingerprint density at radius 2 is 2.11 bits per heavy atom. The summed E-state index contributed by atoms with van der Waals surface area (Å²) in [5.74, 6) is 0. The molecule has 0 spiro atoms. The largest absolute Gasteiger partial charge is 0.382 e. The van der Waals surface area contributed by atoms with Gasteiger partial charge in [-0.1, -0.05) is 12.1 Å². The van der Waals surface area contributed by atoms with Crippen LogP contribution >= 0.6 is 0 Å². The normalized spacial score (nSPS) is 12.2. The molecule has 0 bridgehead atoms. The summed E-state index contributed by atoms with van der Waals surface area (Å²) in [4.78, 5) is 18.6. The molecule has 0 aliphatic rings. The maximum atomic E-state index is 10.7. The third-order valence-electron chi connectivity index (χ3n) is 2.77. The minimum Gasteiger partial charge on any atom is -0.382 e. The lowest BCUT2D eigenvalue weighted by Gasteiger charge is -2.12. The number of nitrogens with zero attached hydrogens (tertiary/aromatic N) is 3. The minimum absolute atomic E-state index is 0.0604. The van der Waals surface area contributed by atoms with E-state index in [1.807, 2.05) is 0 Å². The molecule has 0 saturated heterocycles. The molecular weight excluding hydrogens is 246 g/mol. The Morgan fingerprint density at radius 1 is 1.37 bits per heavy atom. The molecule has 6 nitrogen and oxygen atoms in total. The van der Waals surface area contributed by atoms with E-state index in [4.69, 9.17) is 0 Å². The summed E-state index contributed by atoms with van der Waals surface area (Å²) in [5, 5.41) is 21.0. The van der Waals surface area contributed by atoms with Gasteiger partial charge in [-0.2, -0.15) is 0 Å². The summed E-state index contributed by atoms with van der Waals surface area (Å²) in [6, 6.07) is 5.88. The molecule has 0 aliphatic carbocycles. The lowest BCUT2D eigenvalue weighted by atomic mass is 10.0. The molecule has 0 amide bonds. The SMILES string of the molecule is Cc1cnc(C)c(C(O)c2cccc([N+](=O)[O-])c2)n1. The molecule has 2 rings (SSSR count). The zero-order valence-electron chi connectivity index (χ0n) is 10.6. The van der Waals surface area contributed by atoms with Gasteiger partial charge < -0.3 is 5.11 Å². The van der Waals surface area contributed by atoms with Gasteiger partial charge in [-0.3, -0.25) is 20.1 Å². The van der Waals surface area contributed by atoms with Gasteiger partial charge in [0.15, 0.2) is 0 Å². The molecule has 0 aliphatic heterocycles. The number of aromatic nitrogens is 2. The van der Waals surface area contributed by atoms with E-state index in [-0.39, 0.29) is 5.69 Å². The second kappa shape index (κ2) is 5.11. The summed E-state index contributed by atoms with van der Waals surface area (Å²) in [6.45, 7) is 3.51. The average Bonchev–Trinajstić information content (AvgIpc) is 2.41. The highest BCUT2D eigenvalue weighted by atomic mass is 16.6. The van der Waals surface area contributed by atoms with Gasteiger partial charge in [0.25, 0.3) is 5.69 Å². The molecule has 1 aromatic heterocycles. The van der Waals surface area contributed by atoms with Crippen molar-refractivity contribution in [1.29, 1.82) is 0 Å². The zero-order valence-corrected chi connectivity index (χ0v) is 10.6. The fraction of sp³-hybridized carbons (Fsp3) is 0.231. The minimum atomic E-state index is -1.02. The van der Waals surface area contributed by atoms with Crippen molar-refractivity contribution in [2.24, 2.45) is 0 Å². The third-order valence-corrected chi connectivity index (χ3v) is 2.77. The summed E-state index contributed by atoms with van der Waals surface area (Å²) in [7, 11) is 0. The fourth-order valence-electron chi connectivity index (χ4n) is 1.78. The van der Waals surface area contributed by atoms with Gasteiger partial charge in [0, 0.05) is 18.3 Å². The molecule has 1 N–H and O–H groups in total. The zero-order chi connectivity index (χ0) is 14.0. The standard InChI is InChI=1S/C13H13N3O3/c1-8-7-14-9(2)12(15-8)13(17)10-4-3-5-11(6-10)16(18)19/h3-7,13,17H,1-2H3. The van der Waals surface area contributed by atoms with Gasteiger partial charge in [-0.25, -0.2) is 0 Å². The van der Waals surface area contributed by atoms with Crippen molar-refractivity contribution in [3.63, 3.8) is 0 Å². The first kappa shape index (κ1) is 13.1. The van der Waals surface area contributed by atoms with E-state index in [2.05, 4.69) is 9.97 Å². The van der Waals surface area contributed by atoms with Crippen molar-refractivity contribution in [3.05, 3.63) is 63.2 Å². The van der Waals surface area contributed by atoms with Gasteiger partial charge in [-0.15, -0.1) is 0 Å². The molecule has 6 heteroatoms. The van der Waals surface area contributed by atoms with Crippen LogP contribution in [0.3, 0.4) is 0 Å². The van der Waals surface area contributed by atoms with Crippen LogP contribution in [0.25, 0.3) is 0 Å². The number of nitro groups is 1. The van der Waals surface area contributed by atoms with Gasteiger partial charge in [0.2, 0.25) is 0 Å². The smallest absolute Gasteiger partial charge is 0.269 e. The Labute approximate surface area is 109 Å². The van der Waals surface area contributed by atoms with Crippen LogP contribution in [0.4, 0.5) is 5.69 Å². The lowest BCUT2D eigenvalue weighted by molar-refractivity contribution is -0.385. The van der Waals surface area contributed by atoms with Crippen LogP contribution in [0.1, 0.15) is 28.7 Å². The Hall–Kier alpha value is -2.34. The van der Waals surface area contributed by atoms with Crippen molar-refractivity contribution < 1.29 is 10.0 Å². The maximum absolute atomic E-state index is 10.7. The first-order valence-corrected chi connectivity index (χ1v) is 5.71. The molecule has 0 radical (unpaired) electrons. The predicted octanol–water partition coefficient (Wildman–Crippen LogP) is 2.08. The van der Waals surface area contributed by atoms with Crippen LogP contribution < -0.4 is 0 Å². The van der Waals surface area contributed by atoms with Crippen molar-refractivity contribution >= 4 is 5.69 Å². The second-order valence-corrected chi connectivity index (χ2v) is 4.24. The van der Waals surface area contributed by atoms with Crippen LogP contribution in [-0.2, 0) is 0 Å². The number of non-ortho nitro benzene ring substituents is 1. The second-order valence-electron chi connectivity index (χ2n) is 4.24. The number of aliphatic hydroxyl groups excluding tert-OH is 1. The maximum Gasteiger partial charge on any atom is 0.269 e. The molecule has 98 valence electrons. The van der Waals surface area contributed by atoms with Crippen LogP contribution in [-0.4, -0.2) is 20.0 Å². The third kappa shape index (κ3) is 2.74. The summed E-state index contributed by atoms with van der Waals surface area (Å²) in [5.41, 5.74) is 2.07. The number of aryl methyl sites for hydroxylation is 2. The molecule has 2 aromatic rings. The van der Waals surface area contributed by atoms with Crippen molar-refractivity contribution in [2.45, 2.75) is 20.0 Å². The van der Waals surface area contributed by atoms with Gasteiger partial charge in [-0.05, 0) is 19.4 Å². The highest BCUT2D eigenvalue weighted by Crippen LogP contribution is 2.25. The highest BCUT2D eigenvalue weighted by molar-refractivity contribution is 5.38. The van der Waals surface area contributed by atoms with E-state index in [1.54, 1.807) is 26.1 Å². The van der Waals surface area contributed by atoms with Crippen molar-refractivity contribution in [2.75, 3.05) is 0 Å². The number of benzene rings is 1. The number of nitro benzene ring substituents is 1. The molecule has 19 heavy (non-hydrogen) atoms. The lowest BCUT2D eigenvalue weighted by Crippen LogP contribution is -2.07. The quantitative estimate of drug-likeness (QED) is 0.673. The molecule has 1 aromatic carbocycles. The van der Waals surface area contributed by atoms with Crippen LogP contribution in [0.2, 0.25) is 0 Å². The van der Waals surface area contributed by atoms with Crippen LogP contribution in [0.5, 0.6) is 0 Å². The Kier molecular flexibility index (Phi) is 3.52. The van der Waals surface area contributed by atoms with Crippen LogP contribution in [0.15, 0.2) is 30.5 Å². The highest BCUT2D eigenvalue weighted by Gasteiger charge is 2.18. The molecule has 0 saturated carbocycles. The molecule has 0 fully saturated rings. The topological polar surface area (TPSA) is 89.2 Å². The van der Waals surface area contributed by atoms with E-state index in [0.29, 0.717) is 22.6 Å². The predicted molar refractivity (Wildman–Crippen MR) is 68.7 cm³/mol. The molecule has 1 unspecified atom stereocenters. The number of rotatable bonds is 3.